The van der Waals surface area contributed by atoms with Gasteiger partial charge in [-0.25, -0.2) is 0 Å². The van der Waals surface area contributed by atoms with Crippen LogP contribution in [0.4, 0.5) is 5.69 Å². The van der Waals surface area contributed by atoms with E-state index < -0.39 is 0 Å². The van der Waals surface area contributed by atoms with Gasteiger partial charge in [-0.05, 0) is 42.8 Å². The summed E-state index contributed by atoms with van der Waals surface area (Å²) < 4.78 is 11.4. The van der Waals surface area contributed by atoms with Crippen LogP contribution in [0, 0.1) is 0 Å². The molecule has 0 bridgehead atoms. The molecular weight excluding hydrogens is 447 g/mol. The van der Waals surface area contributed by atoms with Gasteiger partial charge in [0, 0.05) is 42.8 Å². The fraction of sp³-hybridized carbons (Fsp3) is 0.250. The summed E-state index contributed by atoms with van der Waals surface area (Å²) >= 11 is 0. The largest absolute Gasteiger partial charge is 0.485 e. The molecule has 0 unspecified atom stereocenters. The number of nitrogens with zero attached hydrogens (tertiary/aromatic N) is 4. The van der Waals surface area contributed by atoms with Crippen LogP contribution in [0.1, 0.15) is 5.82 Å². The van der Waals surface area contributed by atoms with E-state index in [-0.39, 0.29) is 31.4 Å². The summed E-state index contributed by atoms with van der Waals surface area (Å²) in [6.45, 7) is 4.48. The van der Waals surface area contributed by atoms with Crippen molar-refractivity contribution >= 4 is 41.3 Å². The number of likely N-dealkylation sites (N-methyl/N-ethyl adjacent to an activating group) is 1. The summed E-state index contributed by atoms with van der Waals surface area (Å²) in [6.07, 6.45) is 0. The maximum atomic E-state index is 6.00. The van der Waals surface area contributed by atoms with Crippen molar-refractivity contribution in [1.82, 2.24) is 15.0 Å². The number of ether oxygens (including phenoxy) is 1. The fourth-order valence-corrected chi connectivity index (χ4v) is 3.81. The first-order chi connectivity index (χ1) is 14.8. The van der Waals surface area contributed by atoms with E-state index in [0.717, 1.165) is 37.5 Å². The molecule has 0 N–H and O–H groups in total. The van der Waals surface area contributed by atoms with Crippen LogP contribution in [-0.4, -0.2) is 48.3 Å². The molecule has 0 atom stereocenters. The van der Waals surface area contributed by atoms with Crippen molar-refractivity contribution in [2.75, 3.05) is 38.1 Å². The molecule has 0 saturated carbocycles. The van der Waals surface area contributed by atoms with E-state index in [1.54, 1.807) is 0 Å². The average molecular weight is 473 g/mol. The summed E-state index contributed by atoms with van der Waals surface area (Å²) in [5.74, 6) is 1.83. The van der Waals surface area contributed by atoms with E-state index in [9.17, 15) is 0 Å². The Balaban J connectivity index is 0.00000144. The zero-order valence-electron chi connectivity index (χ0n) is 17.8. The van der Waals surface area contributed by atoms with Crippen molar-refractivity contribution in [3.8, 4) is 17.2 Å². The normalized spacial score (nSPS) is 14.0. The van der Waals surface area contributed by atoms with Gasteiger partial charge >= 0.3 is 0 Å². The zero-order chi connectivity index (χ0) is 20.3. The molecule has 1 aromatic heterocycles. The molecule has 5 rings (SSSR count). The van der Waals surface area contributed by atoms with E-state index in [0.29, 0.717) is 11.7 Å². The summed E-state index contributed by atoms with van der Waals surface area (Å²) in [5.41, 5.74) is 2.16. The van der Waals surface area contributed by atoms with E-state index in [1.165, 1.54) is 16.5 Å². The van der Waals surface area contributed by atoms with Gasteiger partial charge in [0.25, 0.3) is 5.89 Å². The number of rotatable bonds is 5. The first-order valence-electron chi connectivity index (χ1n) is 10.2. The molecule has 32 heavy (non-hydrogen) atoms. The highest BCUT2D eigenvalue weighted by atomic mass is 35.5. The molecule has 8 heteroatoms. The predicted molar refractivity (Wildman–Crippen MR) is 132 cm³/mol. The molecule has 1 fully saturated rings. The van der Waals surface area contributed by atoms with Gasteiger partial charge in [-0.1, -0.05) is 41.6 Å². The van der Waals surface area contributed by atoms with Crippen LogP contribution in [0.25, 0.3) is 22.2 Å². The summed E-state index contributed by atoms with van der Waals surface area (Å²) in [6, 6.07) is 22.4. The van der Waals surface area contributed by atoms with Crippen LogP contribution in [0.3, 0.4) is 0 Å². The summed E-state index contributed by atoms with van der Waals surface area (Å²) in [7, 11) is 2.17. The molecule has 168 valence electrons. The molecule has 1 saturated heterocycles. The lowest BCUT2D eigenvalue weighted by molar-refractivity contribution is 0.287. The first-order valence-corrected chi connectivity index (χ1v) is 10.2. The Morgan fingerprint density at radius 1 is 0.906 bits per heavy atom. The molecule has 1 aliphatic heterocycles. The van der Waals surface area contributed by atoms with Crippen LogP contribution in [0.2, 0.25) is 0 Å². The van der Waals surface area contributed by atoms with Gasteiger partial charge in [-0.3, -0.25) is 0 Å². The minimum Gasteiger partial charge on any atom is -0.485 e. The van der Waals surface area contributed by atoms with Crippen molar-refractivity contribution in [3.05, 3.63) is 72.6 Å². The standard InChI is InChI=1S/C24H24N4O2.2ClH/c1-27-12-14-28(15-13-27)22-9-5-8-18-10-11-20(16-21(18)22)29-17-23-25-24(30-26-23)19-6-3-2-4-7-19;;/h2-11,16H,12-15,17H2,1H3;2*1H. The van der Waals surface area contributed by atoms with Crippen molar-refractivity contribution in [3.63, 3.8) is 0 Å². The molecule has 2 heterocycles. The number of fused-ring (bicyclic) bond motifs is 1. The molecule has 0 aliphatic carbocycles. The Hall–Kier alpha value is -2.80. The average Bonchev–Trinajstić information content (AvgIpc) is 3.28. The number of anilines is 1. The molecule has 0 spiro atoms. The Morgan fingerprint density at radius 3 is 2.47 bits per heavy atom. The zero-order valence-corrected chi connectivity index (χ0v) is 19.4. The molecule has 0 radical (unpaired) electrons. The second-order valence-corrected chi connectivity index (χ2v) is 7.62. The third-order valence-electron chi connectivity index (χ3n) is 5.53. The smallest absolute Gasteiger partial charge is 0.258 e. The minimum atomic E-state index is 0. The van der Waals surface area contributed by atoms with Crippen molar-refractivity contribution in [1.29, 1.82) is 0 Å². The van der Waals surface area contributed by atoms with Gasteiger partial charge in [0.2, 0.25) is 5.82 Å². The van der Waals surface area contributed by atoms with E-state index in [1.807, 2.05) is 36.4 Å². The highest BCUT2D eigenvalue weighted by Crippen LogP contribution is 2.31. The number of aromatic nitrogens is 2. The lowest BCUT2D eigenvalue weighted by Crippen LogP contribution is -2.44. The Bertz CT molecular complexity index is 1150. The summed E-state index contributed by atoms with van der Waals surface area (Å²) in [4.78, 5) is 9.26. The van der Waals surface area contributed by atoms with Crippen molar-refractivity contribution in [2.45, 2.75) is 6.61 Å². The Kier molecular flexibility index (Phi) is 7.96. The second kappa shape index (κ2) is 10.7. The quantitative estimate of drug-likeness (QED) is 0.404. The van der Waals surface area contributed by atoms with E-state index in [2.05, 4.69) is 57.3 Å². The lowest BCUT2D eigenvalue weighted by atomic mass is 10.1. The second-order valence-electron chi connectivity index (χ2n) is 7.62. The van der Waals surface area contributed by atoms with Gasteiger partial charge < -0.3 is 19.1 Å². The third-order valence-corrected chi connectivity index (χ3v) is 5.53. The number of hydrogen-bond acceptors (Lipinski definition) is 6. The highest BCUT2D eigenvalue weighted by molar-refractivity contribution is 5.95. The van der Waals surface area contributed by atoms with Gasteiger partial charge in [0.05, 0.1) is 0 Å². The van der Waals surface area contributed by atoms with E-state index in [4.69, 9.17) is 9.26 Å². The van der Waals surface area contributed by atoms with Crippen LogP contribution >= 0.6 is 24.8 Å². The van der Waals surface area contributed by atoms with Gasteiger partial charge in [-0.15, -0.1) is 24.8 Å². The molecule has 0 amide bonds. The summed E-state index contributed by atoms with van der Waals surface area (Å²) in [5, 5.41) is 6.46. The molecule has 3 aromatic carbocycles. The van der Waals surface area contributed by atoms with Crippen LogP contribution in [0.15, 0.2) is 71.3 Å². The number of halogens is 2. The van der Waals surface area contributed by atoms with Gasteiger partial charge in [0.1, 0.15) is 5.75 Å². The monoisotopic (exact) mass is 472 g/mol. The maximum absolute atomic E-state index is 6.00. The van der Waals surface area contributed by atoms with Crippen LogP contribution in [-0.2, 0) is 6.61 Å². The number of hydrogen-bond donors (Lipinski definition) is 0. The van der Waals surface area contributed by atoms with Gasteiger partial charge in [0.15, 0.2) is 6.61 Å². The predicted octanol–water partition coefficient (Wildman–Crippen LogP) is 5.06. The minimum absolute atomic E-state index is 0. The molecule has 6 nitrogen and oxygen atoms in total. The van der Waals surface area contributed by atoms with E-state index >= 15 is 0 Å². The van der Waals surface area contributed by atoms with Crippen molar-refractivity contribution in [2.24, 2.45) is 0 Å². The Labute approximate surface area is 200 Å². The third kappa shape index (κ3) is 5.15. The molecular formula is C24H26Cl2N4O2. The molecule has 4 aromatic rings. The van der Waals surface area contributed by atoms with Crippen molar-refractivity contribution < 1.29 is 9.26 Å². The van der Waals surface area contributed by atoms with Crippen LogP contribution < -0.4 is 9.64 Å². The fourth-order valence-electron chi connectivity index (χ4n) is 3.81. The Morgan fingerprint density at radius 2 is 1.69 bits per heavy atom. The SMILES string of the molecule is CN1CCN(c2cccc3ccc(OCc4noc(-c5ccccc5)n4)cc23)CC1.Cl.Cl. The highest BCUT2D eigenvalue weighted by Gasteiger charge is 2.16. The van der Waals surface area contributed by atoms with Crippen LogP contribution in [0.5, 0.6) is 5.75 Å². The maximum Gasteiger partial charge on any atom is 0.258 e. The molecule has 1 aliphatic rings. The number of benzene rings is 3. The topological polar surface area (TPSA) is 54.6 Å². The lowest BCUT2D eigenvalue weighted by Gasteiger charge is -2.34. The first kappa shape index (κ1) is 23.9. The number of piperazine rings is 1. The van der Waals surface area contributed by atoms with Gasteiger partial charge in [-0.2, -0.15) is 4.98 Å².